The molecule has 1 saturated heterocycles. The molecule has 0 spiro atoms. The smallest absolute Gasteiger partial charge is 0.270 e. The van der Waals surface area contributed by atoms with E-state index in [1.165, 1.54) is 6.07 Å². The first-order chi connectivity index (χ1) is 11.9. The van der Waals surface area contributed by atoms with Gasteiger partial charge in [-0.3, -0.25) is 15.0 Å². The van der Waals surface area contributed by atoms with Gasteiger partial charge in [0, 0.05) is 29.8 Å². The zero-order chi connectivity index (χ0) is 17.8. The molecular weight excluding hydrogens is 338 g/mol. The summed E-state index contributed by atoms with van der Waals surface area (Å²) in [5.74, 6) is 0.651. The lowest BCUT2D eigenvalue weighted by atomic mass is 9.89. The van der Waals surface area contributed by atoms with Gasteiger partial charge in [-0.1, -0.05) is 18.2 Å². The van der Waals surface area contributed by atoms with Crippen molar-refractivity contribution in [2.24, 2.45) is 0 Å². The van der Waals surface area contributed by atoms with Crippen LogP contribution in [-0.4, -0.2) is 15.8 Å². The van der Waals surface area contributed by atoms with Gasteiger partial charge < -0.3 is 10.1 Å². The number of benzene rings is 2. The van der Waals surface area contributed by atoms with Gasteiger partial charge in [-0.25, -0.2) is 0 Å². The molecule has 4 rings (SSSR count). The SMILES string of the molecule is Cc1ccccc1N1C(=S)N[C@H]2C[C@]1(C)Oc1ccc([N+](=O)[O-])cc12. The summed E-state index contributed by atoms with van der Waals surface area (Å²) >= 11 is 5.61. The molecule has 0 radical (unpaired) electrons. The number of non-ortho nitro benzene ring substituents is 1. The number of aryl methyl sites for hydroxylation is 1. The van der Waals surface area contributed by atoms with Gasteiger partial charge in [0.05, 0.1) is 11.0 Å². The second kappa shape index (κ2) is 5.42. The molecular formula is C18H17N3O3S. The Balaban J connectivity index is 1.80. The molecule has 2 atom stereocenters. The number of para-hydroxylation sites is 1. The molecule has 0 aliphatic carbocycles. The van der Waals surface area contributed by atoms with Crippen LogP contribution in [-0.2, 0) is 0 Å². The fourth-order valence-electron chi connectivity index (χ4n) is 3.65. The van der Waals surface area contributed by atoms with Gasteiger partial charge >= 0.3 is 0 Å². The van der Waals surface area contributed by atoms with E-state index in [4.69, 9.17) is 17.0 Å². The Labute approximate surface area is 150 Å². The molecule has 2 bridgehead atoms. The van der Waals surface area contributed by atoms with Crippen molar-refractivity contribution in [2.75, 3.05) is 4.90 Å². The van der Waals surface area contributed by atoms with Crippen molar-refractivity contribution in [1.82, 2.24) is 5.32 Å². The number of anilines is 1. The maximum absolute atomic E-state index is 11.1. The van der Waals surface area contributed by atoms with E-state index < -0.39 is 10.6 Å². The van der Waals surface area contributed by atoms with E-state index in [0.29, 0.717) is 17.3 Å². The summed E-state index contributed by atoms with van der Waals surface area (Å²) in [7, 11) is 0. The first-order valence-electron chi connectivity index (χ1n) is 8.03. The van der Waals surface area contributed by atoms with Crippen molar-refractivity contribution in [1.29, 1.82) is 0 Å². The van der Waals surface area contributed by atoms with Gasteiger partial charge in [0.15, 0.2) is 10.8 Å². The molecule has 0 aromatic heterocycles. The summed E-state index contributed by atoms with van der Waals surface area (Å²) in [4.78, 5) is 12.7. The highest BCUT2D eigenvalue weighted by Gasteiger charge is 2.48. The molecule has 1 fully saturated rings. The van der Waals surface area contributed by atoms with E-state index in [2.05, 4.69) is 5.32 Å². The van der Waals surface area contributed by atoms with Crippen molar-refractivity contribution in [3.63, 3.8) is 0 Å². The molecule has 0 amide bonds. The Hall–Kier alpha value is -2.67. The third-order valence-corrected chi connectivity index (χ3v) is 5.12. The third kappa shape index (κ3) is 2.42. The van der Waals surface area contributed by atoms with Crippen LogP contribution in [0.2, 0.25) is 0 Å². The lowest BCUT2D eigenvalue weighted by molar-refractivity contribution is -0.385. The number of hydrogen-bond acceptors (Lipinski definition) is 4. The number of ether oxygens (including phenoxy) is 1. The van der Waals surface area contributed by atoms with Gasteiger partial charge in [0.1, 0.15) is 5.75 Å². The summed E-state index contributed by atoms with van der Waals surface area (Å²) in [6, 6.07) is 12.6. The Kier molecular flexibility index (Phi) is 3.43. The van der Waals surface area contributed by atoms with Gasteiger partial charge in [-0.2, -0.15) is 0 Å². The standard InChI is InChI=1S/C18H17N3O3S/c1-11-5-3-4-6-15(11)20-17(25)19-14-10-18(20,2)24-16-8-7-12(21(22)23)9-13(14)16/h3-9,14H,10H2,1-2H3,(H,19,25)/t14-,18-/m0/s1. The number of nitro benzene ring substituents is 1. The Morgan fingerprint density at radius 3 is 2.84 bits per heavy atom. The summed E-state index contributed by atoms with van der Waals surface area (Å²) in [5.41, 5.74) is 2.27. The molecule has 2 aromatic carbocycles. The minimum atomic E-state index is -0.651. The summed E-state index contributed by atoms with van der Waals surface area (Å²) in [5, 5.41) is 15.0. The number of rotatable bonds is 2. The van der Waals surface area contributed by atoms with Crippen LogP contribution < -0.4 is 15.0 Å². The minimum absolute atomic E-state index is 0.0556. The molecule has 0 saturated carbocycles. The van der Waals surface area contributed by atoms with Crippen molar-refractivity contribution >= 4 is 28.7 Å². The predicted octanol–water partition coefficient (Wildman–Crippen LogP) is 3.84. The first kappa shape index (κ1) is 15.8. The molecule has 1 N–H and O–H groups in total. The first-order valence-corrected chi connectivity index (χ1v) is 8.43. The molecule has 0 unspecified atom stereocenters. The molecule has 2 aliphatic heterocycles. The van der Waals surface area contributed by atoms with E-state index in [1.807, 2.05) is 43.0 Å². The van der Waals surface area contributed by atoms with Crippen LogP contribution in [0.15, 0.2) is 42.5 Å². The van der Waals surface area contributed by atoms with Crippen molar-refractivity contribution in [3.8, 4) is 5.75 Å². The summed E-state index contributed by atoms with van der Waals surface area (Å²) < 4.78 is 6.29. The summed E-state index contributed by atoms with van der Waals surface area (Å²) in [6.07, 6.45) is 0.635. The Morgan fingerprint density at radius 1 is 1.36 bits per heavy atom. The number of nitro groups is 1. The van der Waals surface area contributed by atoms with Gasteiger partial charge in [0.25, 0.3) is 5.69 Å². The quantitative estimate of drug-likeness (QED) is 0.502. The number of nitrogens with one attached hydrogen (secondary N) is 1. The molecule has 2 aliphatic rings. The van der Waals surface area contributed by atoms with Crippen molar-refractivity contribution < 1.29 is 9.66 Å². The van der Waals surface area contributed by atoms with Crippen LogP contribution in [0, 0.1) is 17.0 Å². The topological polar surface area (TPSA) is 67.6 Å². The largest absolute Gasteiger partial charge is 0.467 e. The lowest BCUT2D eigenvalue weighted by Crippen LogP contribution is -2.65. The van der Waals surface area contributed by atoms with E-state index in [9.17, 15) is 10.1 Å². The van der Waals surface area contributed by atoms with Gasteiger partial charge in [-0.15, -0.1) is 0 Å². The zero-order valence-corrected chi connectivity index (χ0v) is 14.7. The van der Waals surface area contributed by atoms with Crippen LogP contribution in [0.1, 0.15) is 30.5 Å². The van der Waals surface area contributed by atoms with E-state index in [1.54, 1.807) is 12.1 Å². The molecule has 2 heterocycles. The normalized spacial score (nSPS) is 24.2. The molecule has 7 heteroatoms. The monoisotopic (exact) mass is 355 g/mol. The van der Waals surface area contributed by atoms with Gasteiger partial charge in [0.2, 0.25) is 0 Å². The van der Waals surface area contributed by atoms with Crippen LogP contribution in [0.5, 0.6) is 5.75 Å². The summed E-state index contributed by atoms with van der Waals surface area (Å²) in [6.45, 7) is 4.04. The maximum atomic E-state index is 11.1. The van der Waals surface area contributed by atoms with Crippen LogP contribution in [0.4, 0.5) is 11.4 Å². The maximum Gasteiger partial charge on any atom is 0.270 e. The van der Waals surface area contributed by atoms with Crippen LogP contribution >= 0.6 is 12.2 Å². The Bertz CT molecular complexity index is 901. The third-order valence-electron chi connectivity index (χ3n) is 4.82. The van der Waals surface area contributed by atoms with Crippen molar-refractivity contribution in [2.45, 2.75) is 32.0 Å². The Morgan fingerprint density at radius 2 is 2.12 bits per heavy atom. The minimum Gasteiger partial charge on any atom is -0.467 e. The average Bonchev–Trinajstić information content (AvgIpc) is 2.55. The van der Waals surface area contributed by atoms with Crippen LogP contribution in [0.3, 0.4) is 0 Å². The van der Waals surface area contributed by atoms with Crippen molar-refractivity contribution in [3.05, 3.63) is 63.7 Å². The number of thiocarbonyl (C=S) groups is 1. The fourth-order valence-corrected chi connectivity index (χ4v) is 4.09. The van der Waals surface area contributed by atoms with Gasteiger partial charge in [-0.05, 0) is 43.8 Å². The highest BCUT2D eigenvalue weighted by atomic mass is 32.1. The predicted molar refractivity (Wildman–Crippen MR) is 98.9 cm³/mol. The second-order valence-corrected chi connectivity index (χ2v) is 6.97. The van der Waals surface area contributed by atoms with E-state index in [0.717, 1.165) is 16.8 Å². The number of nitrogens with zero attached hydrogens (tertiary/aromatic N) is 2. The molecule has 6 nitrogen and oxygen atoms in total. The highest BCUT2D eigenvalue weighted by Crippen LogP contribution is 2.46. The average molecular weight is 355 g/mol. The number of hydrogen-bond donors (Lipinski definition) is 1. The number of fused-ring (bicyclic) bond motifs is 4. The lowest BCUT2D eigenvalue weighted by Gasteiger charge is -2.52. The molecule has 128 valence electrons. The highest BCUT2D eigenvalue weighted by molar-refractivity contribution is 7.80. The van der Waals surface area contributed by atoms with Crippen LogP contribution in [0.25, 0.3) is 0 Å². The molecule has 25 heavy (non-hydrogen) atoms. The molecule has 2 aromatic rings. The van der Waals surface area contributed by atoms with E-state index >= 15 is 0 Å². The second-order valence-electron chi connectivity index (χ2n) is 6.58. The fraction of sp³-hybridized carbons (Fsp3) is 0.278. The zero-order valence-electron chi connectivity index (χ0n) is 13.9. The van der Waals surface area contributed by atoms with E-state index in [-0.39, 0.29) is 11.7 Å².